The predicted molar refractivity (Wildman–Crippen MR) is 172 cm³/mol. The van der Waals surface area contributed by atoms with Crippen LogP contribution in [-0.4, -0.2) is 28.1 Å². The van der Waals surface area contributed by atoms with Gasteiger partial charge in [0.1, 0.15) is 0 Å². The standard InChI is InChI=1S/C30H26I2N2O4S/c31-27(19-21-7-3-1-4-8-21)29(35)33-23-11-15-25(16-12-23)39(37,38)26-17-13-24(14-18-26)34-30(36)28(32)20-22-9-5-2-6-10-22/h1-18,27-28H,19-20H2,(H,33,35)(H,34,36). The highest BCUT2D eigenvalue weighted by molar-refractivity contribution is 14.1. The molecule has 0 saturated heterocycles. The number of anilines is 2. The Bertz CT molecular complexity index is 1400. The van der Waals surface area contributed by atoms with Crippen molar-refractivity contribution in [3.8, 4) is 0 Å². The normalized spacial score (nSPS) is 12.8. The van der Waals surface area contributed by atoms with Gasteiger partial charge >= 0.3 is 0 Å². The molecule has 0 saturated carbocycles. The van der Waals surface area contributed by atoms with Crippen molar-refractivity contribution in [3.05, 3.63) is 120 Å². The molecule has 4 aromatic rings. The van der Waals surface area contributed by atoms with Gasteiger partial charge in [-0.2, -0.15) is 0 Å². The summed E-state index contributed by atoms with van der Waals surface area (Å²) in [6, 6.07) is 31.8. The van der Waals surface area contributed by atoms with Crippen molar-refractivity contribution in [1.29, 1.82) is 0 Å². The van der Waals surface area contributed by atoms with Crippen LogP contribution in [0, 0.1) is 0 Å². The summed E-state index contributed by atoms with van der Waals surface area (Å²) in [5.74, 6) is -0.296. The summed E-state index contributed by atoms with van der Waals surface area (Å²) in [4.78, 5) is 25.4. The molecule has 6 nitrogen and oxygen atoms in total. The van der Waals surface area contributed by atoms with Gasteiger partial charge in [-0.1, -0.05) is 106 Å². The Balaban J connectivity index is 1.35. The molecule has 4 rings (SSSR count). The van der Waals surface area contributed by atoms with E-state index in [4.69, 9.17) is 0 Å². The minimum atomic E-state index is -3.77. The zero-order valence-corrected chi connectivity index (χ0v) is 25.9. The molecule has 2 amide bonds. The van der Waals surface area contributed by atoms with Crippen LogP contribution < -0.4 is 10.6 Å². The molecule has 0 spiro atoms. The zero-order chi connectivity index (χ0) is 27.8. The number of carbonyl (C=O) groups excluding carboxylic acids is 2. The Kier molecular flexibility index (Phi) is 10.1. The van der Waals surface area contributed by atoms with Gasteiger partial charge in [0.15, 0.2) is 0 Å². The van der Waals surface area contributed by atoms with Crippen LogP contribution in [0.15, 0.2) is 119 Å². The van der Waals surface area contributed by atoms with Crippen LogP contribution in [-0.2, 0) is 32.3 Å². The first-order valence-electron chi connectivity index (χ1n) is 12.2. The Hall–Kier alpha value is -2.77. The minimum Gasteiger partial charge on any atom is -0.325 e. The summed E-state index contributed by atoms with van der Waals surface area (Å²) in [5, 5.41) is 5.70. The monoisotopic (exact) mass is 764 g/mol. The second-order valence-corrected chi connectivity index (χ2v) is 13.8. The number of hydrogen-bond acceptors (Lipinski definition) is 4. The van der Waals surface area contributed by atoms with E-state index < -0.39 is 9.84 Å². The van der Waals surface area contributed by atoms with Crippen molar-refractivity contribution in [1.82, 2.24) is 0 Å². The molecule has 2 atom stereocenters. The van der Waals surface area contributed by atoms with E-state index in [0.717, 1.165) is 11.1 Å². The number of hydrogen-bond donors (Lipinski definition) is 2. The van der Waals surface area contributed by atoms with E-state index >= 15 is 0 Å². The number of halogens is 2. The third-order valence-corrected chi connectivity index (χ3v) is 9.75. The summed E-state index contributed by atoms with van der Waals surface area (Å²) in [6.07, 6.45) is 1.20. The lowest BCUT2D eigenvalue weighted by Crippen LogP contribution is -2.24. The molecule has 0 aromatic heterocycles. The van der Waals surface area contributed by atoms with Crippen molar-refractivity contribution in [3.63, 3.8) is 0 Å². The van der Waals surface area contributed by atoms with Crippen LogP contribution in [0.4, 0.5) is 11.4 Å². The molecule has 0 aliphatic rings. The second kappa shape index (κ2) is 13.5. The Labute approximate surface area is 255 Å². The number of sulfone groups is 1. The number of nitrogens with one attached hydrogen (secondary N) is 2. The number of amides is 2. The van der Waals surface area contributed by atoms with Crippen molar-refractivity contribution in [2.45, 2.75) is 30.5 Å². The molecule has 0 bridgehead atoms. The van der Waals surface area contributed by atoms with E-state index in [-0.39, 0.29) is 29.5 Å². The van der Waals surface area contributed by atoms with Gasteiger partial charge in [-0.3, -0.25) is 9.59 Å². The van der Waals surface area contributed by atoms with E-state index in [1.54, 1.807) is 24.3 Å². The quantitative estimate of drug-likeness (QED) is 0.143. The maximum Gasteiger partial charge on any atom is 0.237 e. The number of benzene rings is 4. The largest absolute Gasteiger partial charge is 0.325 e. The summed E-state index contributed by atoms with van der Waals surface area (Å²) >= 11 is 4.22. The van der Waals surface area contributed by atoms with Crippen molar-refractivity contribution in [2.24, 2.45) is 0 Å². The number of carbonyl (C=O) groups is 2. The maximum absolute atomic E-state index is 13.1. The first kappa shape index (κ1) is 29.2. The molecular formula is C30H26I2N2O4S. The van der Waals surface area contributed by atoms with Crippen LogP contribution in [0.3, 0.4) is 0 Å². The van der Waals surface area contributed by atoms with Crippen molar-refractivity contribution >= 4 is 78.2 Å². The van der Waals surface area contributed by atoms with Crippen molar-refractivity contribution in [2.75, 3.05) is 10.6 Å². The molecule has 0 aliphatic carbocycles. The summed E-state index contributed by atoms with van der Waals surface area (Å²) < 4.78 is 25.8. The van der Waals surface area contributed by atoms with Gasteiger partial charge in [0, 0.05) is 11.4 Å². The van der Waals surface area contributed by atoms with E-state index in [9.17, 15) is 18.0 Å². The fourth-order valence-corrected chi connectivity index (χ4v) is 6.43. The molecule has 39 heavy (non-hydrogen) atoms. The van der Waals surface area contributed by atoms with Gasteiger partial charge < -0.3 is 10.6 Å². The Morgan fingerprint density at radius 1 is 0.564 bits per heavy atom. The average molecular weight is 764 g/mol. The fraction of sp³-hybridized carbons (Fsp3) is 0.133. The molecule has 0 fully saturated rings. The highest BCUT2D eigenvalue weighted by atomic mass is 127. The van der Waals surface area contributed by atoms with Crippen LogP contribution in [0.1, 0.15) is 11.1 Å². The first-order chi connectivity index (χ1) is 18.7. The highest BCUT2D eigenvalue weighted by Gasteiger charge is 2.20. The van der Waals surface area contributed by atoms with E-state index in [1.165, 1.54) is 24.3 Å². The zero-order valence-electron chi connectivity index (χ0n) is 20.8. The predicted octanol–water partition coefficient (Wildman–Crippen LogP) is 6.49. The molecule has 4 aromatic carbocycles. The lowest BCUT2D eigenvalue weighted by atomic mass is 10.1. The van der Waals surface area contributed by atoms with E-state index in [0.29, 0.717) is 24.2 Å². The lowest BCUT2D eigenvalue weighted by molar-refractivity contribution is -0.116. The van der Waals surface area contributed by atoms with Crippen LogP contribution in [0.2, 0.25) is 0 Å². The van der Waals surface area contributed by atoms with E-state index in [2.05, 4.69) is 55.8 Å². The molecule has 2 N–H and O–H groups in total. The summed E-state index contributed by atoms with van der Waals surface area (Å²) in [5.41, 5.74) is 3.19. The number of alkyl halides is 2. The van der Waals surface area contributed by atoms with Gasteiger partial charge in [-0.15, -0.1) is 0 Å². The van der Waals surface area contributed by atoms with Crippen LogP contribution >= 0.6 is 45.2 Å². The minimum absolute atomic E-state index is 0.114. The molecule has 200 valence electrons. The van der Waals surface area contributed by atoms with Gasteiger partial charge in [0.2, 0.25) is 21.7 Å². The van der Waals surface area contributed by atoms with Crippen molar-refractivity contribution < 1.29 is 18.0 Å². The molecular weight excluding hydrogens is 738 g/mol. The first-order valence-corrected chi connectivity index (χ1v) is 16.1. The van der Waals surface area contributed by atoms with E-state index in [1.807, 2.05) is 60.7 Å². The van der Waals surface area contributed by atoms with Gasteiger partial charge in [-0.05, 0) is 72.5 Å². The van der Waals surface area contributed by atoms with Crippen LogP contribution in [0.25, 0.3) is 0 Å². The molecule has 0 aliphatic heterocycles. The third kappa shape index (κ3) is 8.12. The molecule has 0 heterocycles. The highest BCUT2D eigenvalue weighted by Crippen LogP contribution is 2.25. The molecule has 2 unspecified atom stereocenters. The summed E-state index contributed by atoms with van der Waals surface area (Å²) in [6.45, 7) is 0. The third-order valence-electron chi connectivity index (χ3n) is 5.95. The number of rotatable bonds is 10. The maximum atomic E-state index is 13.1. The van der Waals surface area contributed by atoms with Gasteiger partial charge in [-0.25, -0.2) is 8.42 Å². The topological polar surface area (TPSA) is 92.3 Å². The van der Waals surface area contributed by atoms with Gasteiger partial charge in [0.25, 0.3) is 0 Å². The smallest absolute Gasteiger partial charge is 0.237 e. The fourth-order valence-electron chi connectivity index (χ4n) is 3.84. The molecule has 9 heteroatoms. The SMILES string of the molecule is O=C(Nc1ccc(S(=O)(=O)c2ccc(NC(=O)C(I)Cc3ccccc3)cc2)cc1)C(I)Cc1ccccc1. The second-order valence-electron chi connectivity index (χ2n) is 8.85. The molecule has 0 radical (unpaired) electrons. The Morgan fingerprint density at radius 2 is 0.897 bits per heavy atom. The average Bonchev–Trinajstić information content (AvgIpc) is 2.94. The van der Waals surface area contributed by atoms with Crippen LogP contribution in [0.5, 0.6) is 0 Å². The summed E-state index contributed by atoms with van der Waals surface area (Å²) in [7, 11) is -3.77. The lowest BCUT2D eigenvalue weighted by Gasteiger charge is -2.13. The Morgan fingerprint density at radius 3 is 1.23 bits per heavy atom. The van der Waals surface area contributed by atoms with Gasteiger partial charge in [0.05, 0.1) is 17.6 Å².